The molecular weight excluding hydrogens is 388 g/mol. The number of H-pyrrole nitrogens is 1. The van der Waals surface area contributed by atoms with Crippen LogP contribution in [0.1, 0.15) is 47.4 Å². The van der Waals surface area contributed by atoms with Gasteiger partial charge in [-0.3, -0.25) is 9.79 Å². The average molecular weight is 415 g/mol. The standard InChI is InChI=1S/C26H26N2O3/c1-4-21-19-14-17(2)16-26(21,22-11-12-24(29)28-23(22)15-19)27-13-7-9-18-8-5-6-10-20(18)25(30)31-3/h4-14,19H,15-16H2,1-3H3,(H,28,29)/b9-7+,21-4+,27-13+/t19-,26+/m0/s1. The first-order valence-electron chi connectivity index (χ1n) is 10.4. The van der Waals surface area contributed by atoms with Gasteiger partial charge >= 0.3 is 5.97 Å². The highest BCUT2D eigenvalue weighted by molar-refractivity contribution is 5.94. The number of benzene rings is 1. The summed E-state index contributed by atoms with van der Waals surface area (Å²) in [5, 5.41) is 0. The summed E-state index contributed by atoms with van der Waals surface area (Å²) in [4.78, 5) is 32.0. The molecule has 0 saturated carbocycles. The molecule has 31 heavy (non-hydrogen) atoms. The van der Waals surface area contributed by atoms with Crippen molar-refractivity contribution in [1.29, 1.82) is 0 Å². The molecule has 2 bridgehead atoms. The largest absolute Gasteiger partial charge is 0.465 e. The fourth-order valence-corrected chi connectivity index (χ4v) is 4.91. The Balaban J connectivity index is 1.75. The number of nitrogens with zero attached hydrogens (tertiary/aromatic N) is 1. The van der Waals surface area contributed by atoms with Crippen LogP contribution < -0.4 is 5.56 Å². The molecule has 2 aliphatic carbocycles. The Kier molecular flexibility index (Phi) is 5.59. The average Bonchev–Trinajstić information content (AvgIpc) is 2.75. The first-order valence-corrected chi connectivity index (χ1v) is 10.4. The highest BCUT2D eigenvalue weighted by Crippen LogP contribution is 2.51. The molecule has 0 fully saturated rings. The SMILES string of the molecule is C/C=C1\[C@H]2C=C(C)C[C@]1(/N=C/C=C/c1ccccc1C(=O)OC)c1ccc(=O)[nH]c1C2. The number of carbonyl (C=O) groups excluding carboxylic acids is 1. The Hall–Kier alpha value is -3.47. The number of nitrogens with one attached hydrogen (secondary N) is 1. The summed E-state index contributed by atoms with van der Waals surface area (Å²) < 4.78 is 4.87. The van der Waals surface area contributed by atoms with Gasteiger partial charge in [0.2, 0.25) is 5.56 Å². The molecular formula is C26H26N2O3. The molecule has 1 aromatic carbocycles. The molecule has 0 unspecified atom stereocenters. The minimum absolute atomic E-state index is 0.0834. The van der Waals surface area contributed by atoms with Crippen molar-refractivity contribution >= 4 is 18.3 Å². The number of aromatic nitrogens is 1. The highest BCUT2D eigenvalue weighted by Gasteiger charge is 2.46. The van der Waals surface area contributed by atoms with E-state index in [9.17, 15) is 9.59 Å². The number of hydrogen-bond acceptors (Lipinski definition) is 4. The van der Waals surface area contributed by atoms with Crippen molar-refractivity contribution in [2.75, 3.05) is 7.11 Å². The molecule has 1 aromatic heterocycles. The van der Waals surface area contributed by atoms with Crippen LogP contribution in [0, 0.1) is 5.92 Å². The van der Waals surface area contributed by atoms with Crippen LogP contribution in [-0.4, -0.2) is 24.3 Å². The minimum atomic E-state index is -0.526. The molecule has 4 rings (SSSR count). The minimum Gasteiger partial charge on any atom is -0.465 e. The van der Waals surface area contributed by atoms with Crippen LogP contribution >= 0.6 is 0 Å². The van der Waals surface area contributed by atoms with Crippen LogP contribution in [-0.2, 0) is 16.7 Å². The lowest BCUT2D eigenvalue weighted by atomic mass is 9.63. The third kappa shape index (κ3) is 3.72. The van der Waals surface area contributed by atoms with E-state index in [1.165, 1.54) is 18.3 Å². The van der Waals surface area contributed by atoms with Gasteiger partial charge in [-0.25, -0.2) is 4.79 Å². The maximum Gasteiger partial charge on any atom is 0.338 e. The molecule has 2 atom stereocenters. The maximum absolute atomic E-state index is 12.0. The van der Waals surface area contributed by atoms with Gasteiger partial charge in [-0.15, -0.1) is 0 Å². The lowest BCUT2D eigenvalue weighted by Gasteiger charge is -2.45. The molecule has 0 saturated heterocycles. The predicted molar refractivity (Wildman–Crippen MR) is 123 cm³/mol. The van der Waals surface area contributed by atoms with E-state index < -0.39 is 5.54 Å². The number of methoxy groups -OCH3 is 1. The second-order valence-corrected chi connectivity index (χ2v) is 8.04. The van der Waals surface area contributed by atoms with Crippen LogP contribution in [0.15, 0.2) is 75.6 Å². The first-order chi connectivity index (χ1) is 15.0. The number of fused-ring (bicyclic) bond motifs is 4. The van der Waals surface area contributed by atoms with E-state index in [2.05, 4.69) is 31.0 Å². The van der Waals surface area contributed by atoms with Gasteiger partial charge in [0, 0.05) is 35.9 Å². The van der Waals surface area contributed by atoms with E-state index in [0.29, 0.717) is 5.56 Å². The van der Waals surface area contributed by atoms with E-state index >= 15 is 0 Å². The Labute approximate surface area is 181 Å². The van der Waals surface area contributed by atoms with Gasteiger partial charge in [0.25, 0.3) is 0 Å². The summed E-state index contributed by atoms with van der Waals surface area (Å²) in [7, 11) is 1.38. The third-order valence-electron chi connectivity index (χ3n) is 6.10. The van der Waals surface area contributed by atoms with Gasteiger partial charge in [0.15, 0.2) is 0 Å². The number of pyridine rings is 1. The molecule has 2 aliphatic rings. The molecule has 0 spiro atoms. The van der Waals surface area contributed by atoms with Crippen molar-refractivity contribution in [1.82, 2.24) is 4.98 Å². The molecule has 1 N–H and O–H groups in total. The van der Waals surface area contributed by atoms with Gasteiger partial charge in [0.1, 0.15) is 5.54 Å². The molecule has 0 radical (unpaired) electrons. The molecule has 2 aromatic rings. The van der Waals surface area contributed by atoms with E-state index in [0.717, 1.165) is 29.7 Å². The van der Waals surface area contributed by atoms with E-state index in [1.54, 1.807) is 18.3 Å². The quantitative estimate of drug-likeness (QED) is 0.451. The number of aliphatic imine (C=N–C) groups is 1. The smallest absolute Gasteiger partial charge is 0.338 e. The molecule has 5 heteroatoms. The number of aromatic amines is 1. The number of esters is 1. The second-order valence-electron chi connectivity index (χ2n) is 8.04. The summed E-state index contributed by atoms with van der Waals surface area (Å²) in [5.74, 6) is -0.140. The van der Waals surface area contributed by atoms with Crippen molar-refractivity contribution in [2.24, 2.45) is 10.9 Å². The lowest BCUT2D eigenvalue weighted by Crippen LogP contribution is -2.40. The fourth-order valence-electron chi connectivity index (χ4n) is 4.91. The summed E-state index contributed by atoms with van der Waals surface area (Å²) in [6.45, 7) is 4.20. The zero-order valence-corrected chi connectivity index (χ0v) is 18.0. The van der Waals surface area contributed by atoms with Crippen molar-refractivity contribution in [3.63, 3.8) is 0 Å². The van der Waals surface area contributed by atoms with Gasteiger partial charge in [-0.1, -0.05) is 42.0 Å². The second kappa shape index (κ2) is 8.34. The number of rotatable bonds is 4. The lowest BCUT2D eigenvalue weighted by molar-refractivity contribution is 0.0600. The zero-order chi connectivity index (χ0) is 22.0. The molecule has 1 heterocycles. The fraction of sp³-hybridized carbons (Fsp3) is 0.269. The van der Waals surface area contributed by atoms with Gasteiger partial charge in [-0.05, 0) is 49.6 Å². The molecule has 5 nitrogen and oxygen atoms in total. The van der Waals surface area contributed by atoms with Crippen LogP contribution in [0.4, 0.5) is 0 Å². The highest BCUT2D eigenvalue weighted by atomic mass is 16.5. The van der Waals surface area contributed by atoms with E-state index in [4.69, 9.17) is 9.73 Å². The van der Waals surface area contributed by atoms with Crippen LogP contribution in [0.2, 0.25) is 0 Å². The maximum atomic E-state index is 12.0. The third-order valence-corrected chi connectivity index (χ3v) is 6.10. The number of ether oxygens (including phenoxy) is 1. The summed E-state index contributed by atoms with van der Waals surface area (Å²) in [6, 6.07) is 10.8. The number of hydrogen-bond donors (Lipinski definition) is 1. The Morgan fingerprint density at radius 1 is 1.26 bits per heavy atom. The van der Waals surface area contributed by atoms with Crippen LogP contribution in [0.5, 0.6) is 0 Å². The molecule has 0 amide bonds. The van der Waals surface area contributed by atoms with Gasteiger partial charge in [0.05, 0.1) is 12.7 Å². The van der Waals surface area contributed by atoms with Crippen molar-refractivity contribution in [3.8, 4) is 0 Å². The topological polar surface area (TPSA) is 71.5 Å². The normalized spacial score (nSPS) is 23.8. The van der Waals surface area contributed by atoms with Gasteiger partial charge in [-0.2, -0.15) is 0 Å². The number of allylic oxidation sites excluding steroid dienone is 3. The first kappa shape index (κ1) is 20.8. The summed E-state index contributed by atoms with van der Waals surface area (Å²) in [6.07, 6.45) is 11.5. The van der Waals surface area contributed by atoms with E-state index in [1.807, 2.05) is 36.4 Å². The Bertz CT molecular complexity index is 1200. The molecule has 0 aliphatic heterocycles. The Morgan fingerprint density at radius 3 is 2.84 bits per heavy atom. The van der Waals surface area contributed by atoms with Crippen molar-refractivity contribution in [2.45, 2.75) is 32.2 Å². The number of carbonyl (C=O) groups is 1. The van der Waals surface area contributed by atoms with Crippen LogP contribution in [0.3, 0.4) is 0 Å². The predicted octanol–water partition coefficient (Wildman–Crippen LogP) is 4.61. The summed E-state index contributed by atoms with van der Waals surface area (Å²) >= 11 is 0. The van der Waals surface area contributed by atoms with Crippen molar-refractivity contribution < 1.29 is 9.53 Å². The molecule has 158 valence electrons. The van der Waals surface area contributed by atoms with Gasteiger partial charge < -0.3 is 9.72 Å². The van der Waals surface area contributed by atoms with E-state index in [-0.39, 0.29) is 17.4 Å². The van der Waals surface area contributed by atoms with Crippen LogP contribution in [0.25, 0.3) is 6.08 Å². The zero-order valence-electron chi connectivity index (χ0n) is 18.0. The monoisotopic (exact) mass is 414 g/mol. The van der Waals surface area contributed by atoms with Crippen molar-refractivity contribution in [3.05, 3.63) is 98.5 Å². The Morgan fingerprint density at radius 2 is 2.06 bits per heavy atom. The summed E-state index contributed by atoms with van der Waals surface area (Å²) in [5.41, 5.74) is 5.26.